The van der Waals surface area contributed by atoms with Gasteiger partial charge in [-0.1, -0.05) is 25.1 Å². The number of piperidine rings is 1. The number of rotatable bonds is 5. The highest BCUT2D eigenvalue weighted by atomic mass is 16.5. The summed E-state index contributed by atoms with van der Waals surface area (Å²) in [4.78, 5) is 14.1. The van der Waals surface area contributed by atoms with E-state index in [1.807, 2.05) is 31.2 Å². The molecule has 2 rings (SSSR count). The summed E-state index contributed by atoms with van der Waals surface area (Å²) in [6.45, 7) is 4.40. The number of hydrogen-bond acceptors (Lipinski definition) is 4. The molecule has 0 aromatic heterocycles. The van der Waals surface area contributed by atoms with Gasteiger partial charge in [0.2, 0.25) is 5.91 Å². The lowest BCUT2D eigenvalue weighted by atomic mass is 9.97. The van der Waals surface area contributed by atoms with Gasteiger partial charge in [-0.15, -0.1) is 0 Å². The fourth-order valence-electron chi connectivity index (χ4n) is 2.67. The Labute approximate surface area is 125 Å². The Morgan fingerprint density at radius 2 is 2.24 bits per heavy atom. The minimum atomic E-state index is -0.238. The van der Waals surface area contributed by atoms with E-state index in [2.05, 4.69) is 10.2 Å². The number of carbonyl (C=O) groups excluding carboxylic acids is 1. The van der Waals surface area contributed by atoms with Crippen LogP contribution in [0.2, 0.25) is 0 Å². The largest absolute Gasteiger partial charge is 0.496 e. The lowest BCUT2D eigenvalue weighted by molar-refractivity contribution is -0.123. The van der Waals surface area contributed by atoms with Crippen LogP contribution in [0.15, 0.2) is 24.3 Å². The smallest absolute Gasteiger partial charge is 0.234 e. The van der Waals surface area contributed by atoms with E-state index in [4.69, 9.17) is 4.74 Å². The van der Waals surface area contributed by atoms with Gasteiger partial charge in [-0.2, -0.15) is 0 Å². The summed E-state index contributed by atoms with van der Waals surface area (Å²) >= 11 is 0. The highest BCUT2D eigenvalue weighted by Crippen LogP contribution is 2.17. The predicted octanol–water partition coefficient (Wildman–Crippen LogP) is 1.01. The zero-order valence-corrected chi connectivity index (χ0v) is 12.7. The van der Waals surface area contributed by atoms with Crippen LogP contribution in [0, 0.1) is 5.92 Å². The molecule has 0 aliphatic carbocycles. The van der Waals surface area contributed by atoms with Crippen molar-refractivity contribution < 1.29 is 14.6 Å². The summed E-state index contributed by atoms with van der Waals surface area (Å²) in [7, 11) is 1.63. The summed E-state index contributed by atoms with van der Waals surface area (Å²) in [5.74, 6) is 1.01. The molecule has 0 saturated carbocycles. The van der Waals surface area contributed by atoms with Crippen LogP contribution < -0.4 is 10.1 Å². The third-order valence-electron chi connectivity index (χ3n) is 3.98. The normalized spacial score (nSPS) is 22.8. The Bertz CT molecular complexity index is 478. The van der Waals surface area contributed by atoms with Gasteiger partial charge in [0.25, 0.3) is 0 Å². The second kappa shape index (κ2) is 7.43. The molecule has 5 heteroatoms. The fourth-order valence-corrected chi connectivity index (χ4v) is 2.67. The summed E-state index contributed by atoms with van der Waals surface area (Å²) in [5, 5.41) is 12.6. The van der Waals surface area contributed by atoms with Gasteiger partial charge < -0.3 is 15.2 Å². The summed E-state index contributed by atoms with van der Waals surface area (Å²) in [6, 6.07) is 7.66. The summed E-state index contributed by atoms with van der Waals surface area (Å²) < 4.78 is 5.26. The van der Waals surface area contributed by atoms with Crippen LogP contribution in [-0.4, -0.2) is 48.8 Å². The number of benzene rings is 1. The van der Waals surface area contributed by atoms with Crippen molar-refractivity contribution in [3.63, 3.8) is 0 Å². The maximum atomic E-state index is 12.0. The number of methoxy groups -OCH3 is 1. The van der Waals surface area contributed by atoms with Crippen molar-refractivity contribution in [2.45, 2.75) is 26.0 Å². The maximum absolute atomic E-state index is 12.0. The van der Waals surface area contributed by atoms with Gasteiger partial charge >= 0.3 is 0 Å². The first-order valence-corrected chi connectivity index (χ1v) is 7.39. The molecule has 1 amide bonds. The average molecular weight is 292 g/mol. The fraction of sp³-hybridized carbons (Fsp3) is 0.562. The molecule has 2 atom stereocenters. The molecule has 1 fully saturated rings. The third-order valence-corrected chi connectivity index (χ3v) is 3.98. The molecule has 1 heterocycles. The molecule has 0 radical (unpaired) electrons. The topological polar surface area (TPSA) is 61.8 Å². The van der Waals surface area contributed by atoms with E-state index in [1.54, 1.807) is 7.11 Å². The van der Waals surface area contributed by atoms with Crippen LogP contribution in [0.4, 0.5) is 0 Å². The highest BCUT2D eigenvalue weighted by molar-refractivity contribution is 5.78. The number of ether oxygens (including phenoxy) is 1. The quantitative estimate of drug-likeness (QED) is 0.850. The molecule has 2 N–H and O–H groups in total. The molecule has 5 nitrogen and oxygen atoms in total. The Morgan fingerprint density at radius 3 is 2.95 bits per heavy atom. The predicted molar refractivity (Wildman–Crippen MR) is 81.1 cm³/mol. The van der Waals surface area contributed by atoms with Crippen molar-refractivity contribution >= 4 is 5.91 Å². The second-order valence-electron chi connectivity index (χ2n) is 5.66. The van der Waals surface area contributed by atoms with Gasteiger partial charge in [-0.25, -0.2) is 0 Å². The van der Waals surface area contributed by atoms with Gasteiger partial charge in [0, 0.05) is 25.2 Å². The monoisotopic (exact) mass is 292 g/mol. The Morgan fingerprint density at radius 1 is 1.48 bits per heavy atom. The molecule has 1 saturated heterocycles. The molecular weight excluding hydrogens is 268 g/mol. The van der Waals surface area contributed by atoms with E-state index in [0.29, 0.717) is 13.1 Å². The van der Waals surface area contributed by atoms with Crippen LogP contribution in [0.3, 0.4) is 0 Å². The van der Waals surface area contributed by atoms with Crippen molar-refractivity contribution in [1.29, 1.82) is 0 Å². The molecule has 1 aliphatic rings. The highest BCUT2D eigenvalue weighted by Gasteiger charge is 2.25. The Kier molecular flexibility index (Phi) is 5.59. The minimum Gasteiger partial charge on any atom is -0.496 e. The van der Waals surface area contributed by atoms with Crippen LogP contribution >= 0.6 is 0 Å². The van der Waals surface area contributed by atoms with Crippen LogP contribution in [0.1, 0.15) is 18.9 Å². The zero-order chi connectivity index (χ0) is 15.2. The van der Waals surface area contributed by atoms with E-state index < -0.39 is 0 Å². The molecule has 1 aromatic rings. The van der Waals surface area contributed by atoms with Crippen molar-refractivity contribution in [3.8, 4) is 5.75 Å². The molecule has 0 spiro atoms. The van der Waals surface area contributed by atoms with Crippen molar-refractivity contribution in [3.05, 3.63) is 29.8 Å². The average Bonchev–Trinajstić information content (AvgIpc) is 2.49. The van der Waals surface area contributed by atoms with Crippen LogP contribution in [-0.2, 0) is 11.3 Å². The van der Waals surface area contributed by atoms with Gasteiger partial charge in [0.05, 0.1) is 19.8 Å². The van der Waals surface area contributed by atoms with Crippen LogP contribution in [0.25, 0.3) is 0 Å². The maximum Gasteiger partial charge on any atom is 0.234 e. The lowest BCUT2D eigenvalue weighted by Gasteiger charge is -2.33. The second-order valence-corrected chi connectivity index (χ2v) is 5.66. The van der Waals surface area contributed by atoms with Crippen molar-refractivity contribution in [2.75, 3.05) is 26.7 Å². The van der Waals surface area contributed by atoms with Crippen molar-refractivity contribution in [2.24, 2.45) is 5.92 Å². The number of aliphatic hydroxyl groups excluding tert-OH is 1. The number of nitrogens with one attached hydrogen (secondary N) is 1. The number of likely N-dealkylation sites (tertiary alicyclic amines) is 1. The number of hydrogen-bond donors (Lipinski definition) is 2. The van der Waals surface area contributed by atoms with Crippen molar-refractivity contribution in [1.82, 2.24) is 10.2 Å². The first kappa shape index (κ1) is 15.8. The van der Waals surface area contributed by atoms with Gasteiger partial charge in [-0.3, -0.25) is 9.69 Å². The molecular formula is C16H24N2O3. The number of para-hydroxylation sites is 1. The molecule has 1 aromatic carbocycles. The van der Waals surface area contributed by atoms with Gasteiger partial charge in [0.15, 0.2) is 0 Å². The minimum absolute atomic E-state index is 0.00416. The number of nitrogens with zero attached hydrogens (tertiary/aromatic N) is 1. The summed E-state index contributed by atoms with van der Waals surface area (Å²) in [6.07, 6.45) is 0.499. The third kappa shape index (κ3) is 4.44. The number of carbonyl (C=O) groups is 1. The van der Waals surface area contributed by atoms with E-state index in [1.165, 1.54) is 0 Å². The molecule has 21 heavy (non-hydrogen) atoms. The number of aliphatic hydroxyl groups is 1. The zero-order valence-electron chi connectivity index (χ0n) is 12.7. The van der Waals surface area contributed by atoms with E-state index >= 15 is 0 Å². The Hall–Kier alpha value is -1.59. The molecule has 1 aliphatic heterocycles. The van der Waals surface area contributed by atoms with E-state index in [-0.39, 0.29) is 17.9 Å². The lowest BCUT2D eigenvalue weighted by Crippen LogP contribution is -2.46. The van der Waals surface area contributed by atoms with Crippen LogP contribution in [0.5, 0.6) is 5.75 Å². The van der Waals surface area contributed by atoms with E-state index in [0.717, 1.165) is 30.8 Å². The molecule has 0 bridgehead atoms. The molecule has 116 valence electrons. The molecule has 2 unspecified atom stereocenters. The SMILES string of the molecule is COc1ccccc1CNC(=O)CN1CCC(O)C(C)C1. The summed E-state index contributed by atoms with van der Waals surface area (Å²) in [5.41, 5.74) is 0.968. The van der Waals surface area contributed by atoms with Gasteiger partial charge in [0.1, 0.15) is 5.75 Å². The first-order valence-electron chi connectivity index (χ1n) is 7.39. The first-order chi connectivity index (χ1) is 10.1. The van der Waals surface area contributed by atoms with Gasteiger partial charge in [-0.05, 0) is 18.4 Å². The van der Waals surface area contributed by atoms with E-state index in [9.17, 15) is 9.90 Å². The number of amides is 1. The standard InChI is InChI=1S/C16H24N2O3/c1-12-10-18(8-7-14(12)19)11-16(20)17-9-13-5-3-4-6-15(13)21-2/h3-6,12,14,19H,7-11H2,1-2H3,(H,17,20). The Balaban J connectivity index is 1.80.